The molecule has 0 aromatic carbocycles. The second-order valence-electron chi connectivity index (χ2n) is 19.9. The molecule has 0 aliphatic carbocycles. The molecule has 0 fully saturated rings. The van der Waals surface area contributed by atoms with Crippen LogP contribution in [0.5, 0.6) is 0 Å². The number of phosphoric acid groups is 1. The van der Waals surface area contributed by atoms with Crippen molar-refractivity contribution in [2.75, 3.05) is 40.9 Å². The number of phosphoric ester groups is 1. The van der Waals surface area contributed by atoms with E-state index < -0.39 is 20.0 Å². The molecule has 0 aromatic rings. The van der Waals surface area contributed by atoms with Crippen LogP contribution in [0.1, 0.15) is 251 Å². The Labute approximate surface area is 403 Å². The number of carbonyl (C=O) groups excluding carboxylic acids is 1. The lowest BCUT2D eigenvalue weighted by Gasteiger charge is -2.30. The van der Waals surface area contributed by atoms with Gasteiger partial charge in [-0.15, -0.1) is 0 Å². The monoisotopic (exact) mass is 935 g/mol. The lowest BCUT2D eigenvalue weighted by Crippen LogP contribution is -2.46. The number of aliphatic hydroxyl groups excluding tert-OH is 1. The minimum atomic E-state index is -4.56. The second-order valence-corrected chi connectivity index (χ2v) is 21.3. The van der Waals surface area contributed by atoms with E-state index in [-0.39, 0.29) is 19.1 Å². The van der Waals surface area contributed by atoms with Gasteiger partial charge in [-0.2, -0.15) is 0 Å². The summed E-state index contributed by atoms with van der Waals surface area (Å²) >= 11 is 0. The first-order valence-electron chi connectivity index (χ1n) is 27.5. The van der Waals surface area contributed by atoms with Gasteiger partial charge in [0.15, 0.2) is 0 Å². The molecule has 0 heterocycles. The van der Waals surface area contributed by atoms with E-state index in [0.717, 1.165) is 64.2 Å². The maximum Gasteiger partial charge on any atom is 0.268 e. The van der Waals surface area contributed by atoms with E-state index in [2.05, 4.69) is 67.8 Å². The number of rotatable bonds is 50. The first-order valence-corrected chi connectivity index (χ1v) is 28.9. The summed E-state index contributed by atoms with van der Waals surface area (Å²) in [5, 5.41) is 13.9. The molecule has 9 heteroatoms. The average molecular weight is 935 g/mol. The van der Waals surface area contributed by atoms with E-state index in [1.54, 1.807) is 0 Å². The Morgan fingerprint density at radius 3 is 1.37 bits per heavy atom. The van der Waals surface area contributed by atoms with Crippen LogP contribution in [0, 0.1) is 0 Å². The van der Waals surface area contributed by atoms with Crippen molar-refractivity contribution in [2.24, 2.45) is 0 Å². The fourth-order valence-corrected chi connectivity index (χ4v) is 8.76. The topological polar surface area (TPSA) is 108 Å². The van der Waals surface area contributed by atoms with Crippen LogP contribution in [0.25, 0.3) is 0 Å². The van der Waals surface area contributed by atoms with Gasteiger partial charge in [0.2, 0.25) is 5.91 Å². The number of likely N-dealkylation sites (N-methyl/N-ethyl adjacent to an activating group) is 1. The van der Waals surface area contributed by atoms with Crippen molar-refractivity contribution in [3.63, 3.8) is 0 Å². The summed E-state index contributed by atoms with van der Waals surface area (Å²) in [5.74, 6) is -0.165. The number of amides is 1. The quantitative estimate of drug-likeness (QED) is 0.0272. The van der Waals surface area contributed by atoms with E-state index in [1.807, 2.05) is 21.1 Å². The Morgan fingerprint density at radius 1 is 0.554 bits per heavy atom. The van der Waals surface area contributed by atoms with Crippen molar-refractivity contribution in [3.8, 4) is 0 Å². The molecule has 382 valence electrons. The summed E-state index contributed by atoms with van der Waals surface area (Å²) in [7, 11) is 1.31. The molecule has 0 rings (SSSR count). The number of nitrogens with zero attached hydrogens (tertiary/aromatic N) is 1. The molecule has 8 nitrogen and oxygen atoms in total. The SMILES string of the molecule is CC/C=C\C/C=C\C/C=C\C/C=C\CCCCCCCCCCCCCCCCCCCCCCCCC(=O)NC(COP(=O)([O-])OCC[N+](C)(C)C)C(O)CCCCCCCCCC. The van der Waals surface area contributed by atoms with Gasteiger partial charge >= 0.3 is 0 Å². The van der Waals surface area contributed by atoms with Crippen LogP contribution in [0.3, 0.4) is 0 Å². The standard InChI is InChI=1S/C56H107N2O6P/c1-6-8-10-12-14-16-17-18-19-20-21-22-23-24-25-26-27-28-29-30-31-32-33-34-35-36-37-38-39-40-41-42-44-46-48-50-56(60)57-54(53-64-65(61,62)63-52-51-58(3,4)5)55(59)49-47-45-43-15-13-11-9-7-2/h8,10,14,16,18-19,21-22,54-55,59H,6-7,9,11-13,15,17,20,23-53H2,1-5H3,(H-,57,60,61,62)/b10-8-,16-14-,19-18-,22-21-. The fourth-order valence-electron chi connectivity index (χ4n) is 8.03. The predicted octanol–water partition coefficient (Wildman–Crippen LogP) is 15.7. The highest BCUT2D eigenvalue weighted by Gasteiger charge is 2.24. The highest BCUT2D eigenvalue weighted by atomic mass is 31.2. The van der Waals surface area contributed by atoms with Gasteiger partial charge < -0.3 is 28.8 Å². The minimum absolute atomic E-state index is 0.0129. The molecule has 0 bridgehead atoms. The number of quaternary nitrogens is 1. The summed E-state index contributed by atoms with van der Waals surface area (Å²) in [6, 6.07) is -0.796. The molecule has 1 amide bonds. The Morgan fingerprint density at radius 2 is 0.938 bits per heavy atom. The van der Waals surface area contributed by atoms with E-state index >= 15 is 0 Å². The average Bonchev–Trinajstić information content (AvgIpc) is 3.26. The lowest BCUT2D eigenvalue weighted by molar-refractivity contribution is -0.870. The van der Waals surface area contributed by atoms with Crippen molar-refractivity contribution < 1.29 is 32.9 Å². The summed E-state index contributed by atoms with van der Waals surface area (Å²) < 4.78 is 23.2. The maximum atomic E-state index is 12.9. The highest BCUT2D eigenvalue weighted by Crippen LogP contribution is 2.38. The van der Waals surface area contributed by atoms with Crippen LogP contribution < -0.4 is 10.2 Å². The van der Waals surface area contributed by atoms with Gasteiger partial charge in [0.1, 0.15) is 13.2 Å². The third kappa shape index (κ3) is 50.2. The maximum absolute atomic E-state index is 12.9. The molecular weight excluding hydrogens is 828 g/mol. The lowest BCUT2D eigenvalue weighted by atomic mass is 10.0. The van der Waals surface area contributed by atoms with E-state index in [1.165, 1.54) is 161 Å². The smallest absolute Gasteiger partial charge is 0.268 e. The molecule has 65 heavy (non-hydrogen) atoms. The Hall–Kier alpha value is -1.54. The Bertz CT molecular complexity index is 1200. The predicted molar refractivity (Wildman–Crippen MR) is 279 cm³/mol. The van der Waals surface area contributed by atoms with Gasteiger partial charge in [0.25, 0.3) is 7.82 Å². The van der Waals surface area contributed by atoms with Crippen LogP contribution in [0.15, 0.2) is 48.6 Å². The molecule has 0 saturated heterocycles. The van der Waals surface area contributed by atoms with Crippen LogP contribution in [-0.2, 0) is 18.4 Å². The third-order valence-electron chi connectivity index (χ3n) is 12.3. The van der Waals surface area contributed by atoms with E-state index in [9.17, 15) is 19.4 Å². The van der Waals surface area contributed by atoms with Crippen molar-refractivity contribution in [3.05, 3.63) is 48.6 Å². The molecule has 0 saturated carbocycles. The largest absolute Gasteiger partial charge is 0.756 e. The Balaban J connectivity index is 3.84. The number of allylic oxidation sites excluding steroid dienone is 8. The number of hydrogen-bond donors (Lipinski definition) is 2. The normalized spacial score (nSPS) is 14.4. The summed E-state index contributed by atoms with van der Waals surface area (Å²) in [5.41, 5.74) is 0. The molecule has 0 spiro atoms. The number of nitrogens with one attached hydrogen (secondary N) is 1. The number of carbonyl (C=O) groups is 1. The van der Waals surface area contributed by atoms with E-state index in [0.29, 0.717) is 23.9 Å². The molecule has 0 radical (unpaired) electrons. The summed E-state index contributed by atoms with van der Waals surface area (Å²) in [4.78, 5) is 25.3. The first-order chi connectivity index (χ1) is 31.5. The van der Waals surface area contributed by atoms with Gasteiger partial charge in [-0.3, -0.25) is 9.36 Å². The van der Waals surface area contributed by atoms with Crippen LogP contribution in [0.2, 0.25) is 0 Å². The van der Waals surface area contributed by atoms with Crippen LogP contribution in [0.4, 0.5) is 0 Å². The number of aliphatic hydroxyl groups is 1. The second kappa shape index (κ2) is 47.5. The summed E-state index contributed by atoms with van der Waals surface area (Å²) in [6.07, 6.45) is 61.8. The molecule has 2 N–H and O–H groups in total. The van der Waals surface area contributed by atoms with Crippen LogP contribution >= 0.6 is 7.82 Å². The first kappa shape index (κ1) is 63.5. The number of unbranched alkanes of at least 4 members (excludes halogenated alkanes) is 29. The Kier molecular flexibility index (Phi) is 46.4. The molecule has 0 aromatic heterocycles. The molecule has 0 aliphatic heterocycles. The van der Waals surface area contributed by atoms with Crippen molar-refractivity contribution in [2.45, 2.75) is 264 Å². The van der Waals surface area contributed by atoms with Gasteiger partial charge in [-0.25, -0.2) is 0 Å². The fraction of sp³-hybridized carbons (Fsp3) is 0.839. The number of hydrogen-bond acceptors (Lipinski definition) is 6. The van der Waals surface area contributed by atoms with Crippen molar-refractivity contribution >= 4 is 13.7 Å². The summed E-state index contributed by atoms with van der Waals surface area (Å²) in [6.45, 7) is 4.58. The van der Waals surface area contributed by atoms with Crippen molar-refractivity contribution in [1.82, 2.24) is 5.32 Å². The van der Waals surface area contributed by atoms with Gasteiger partial charge in [0, 0.05) is 6.42 Å². The zero-order chi connectivity index (χ0) is 47.8. The van der Waals surface area contributed by atoms with Gasteiger partial charge in [-0.1, -0.05) is 242 Å². The van der Waals surface area contributed by atoms with E-state index in [4.69, 9.17) is 9.05 Å². The van der Waals surface area contributed by atoms with Gasteiger partial charge in [-0.05, 0) is 51.4 Å². The third-order valence-corrected chi connectivity index (χ3v) is 13.3. The molecule has 3 atom stereocenters. The zero-order valence-electron chi connectivity index (χ0n) is 43.4. The molecule has 0 aliphatic rings. The van der Waals surface area contributed by atoms with Crippen molar-refractivity contribution in [1.29, 1.82) is 0 Å². The molecule has 3 unspecified atom stereocenters. The highest BCUT2D eigenvalue weighted by molar-refractivity contribution is 7.45. The zero-order valence-corrected chi connectivity index (χ0v) is 44.3. The van der Waals surface area contributed by atoms with Crippen LogP contribution in [-0.4, -0.2) is 68.5 Å². The molecular formula is C56H107N2O6P. The minimum Gasteiger partial charge on any atom is -0.756 e. The van der Waals surface area contributed by atoms with Gasteiger partial charge in [0.05, 0.1) is 39.9 Å².